The van der Waals surface area contributed by atoms with Crippen LogP contribution in [0.25, 0.3) is 11.1 Å². The molecule has 27 heavy (non-hydrogen) atoms. The van der Waals surface area contributed by atoms with E-state index in [0.29, 0.717) is 17.7 Å². The molecular formula is C19H21ClF2N4O. The van der Waals surface area contributed by atoms with E-state index in [1.165, 1.54) is 12.1 Å². The first-order valence-electron chi connectivity index (χ1n) is 8.36. The highest BCUT2D eigenvalue weighted by atomic mass is 35.5. The Morgan fingerprint density at radius 3 is 2.59 bits per heavy atom. The van der Waals surface area contributed by atoms with Crippen molar-refractivity contribution in [2.75, 3.05) is 6.54 Å². The van der Waals surface area contributed by atoms with Crippen LogP contribution in [-0.2, 0) is 6.54 Å². The number of carbonyl (C=O) groups excluding carboxylic acids is 1. The average Bonchev–Trinajstić information content (AvgIpc) is 2.60. The number of rotatable bonds is 2. The molecule has 1 unspecified atom stereocenters. The standard InChI is InChI=1S/C19H20F2N4O.ClH/c1-2-11-9-25(19(26)24-18(22)23)10-16-13(11)4-3-5-14(16)15-7-6-12(20)8-17(15)21;/h3-8,11H,2,9-10H2,1H3,(H4,22,23,24,26);1H. The van der Waals surface area contributed by atoms with Crippen LogP contribution in [-0.4, -0.2) is 23.4 Å². The van der Waals surface area contributed by atoms with Gasteiger partial charge in [0.25, 0.3) is 0 Å². The lowest BCUT2D eigenvalue weighted by molar-refractivity contribution is 0.195. The summed E-state index contributed by atoms with van der Waals surface area (Å²) in [5.74, 6) is -1.49. The fourth-order valence-electron chi connectivity index (χ4n) is 3.42. The Labute approximate surface area is 162 Å². The number of urea groups is 1. The van der Waals surface area contributed by atoms with Crippen molar-refractivity contribution in [2.45, 2.75) is 25.8 Å². The minimum atomic E-state index is -0.640. The first-order chi connectivity index (χ1) is 12.4. The van der Waals surface area contributed by atoms with Crippen LogP contribution in [0, 0.1) is 11.6 Å². The van der Waals surface area contributed by atoms with Crippen molar-refractivity contribution < 1.29 is 13.6 Å². The Bertz CT molecular complexity index is 884. The number of halogens is 3. The largest absolute Gasteiger partial charge is 0.370 e. The van der Waals surface area contributed by atoms with E-state index in [-0.39, 0.29) is 30.8 Å². The second kappa shape index (κ2) is 8.35. The van der Waals surface area contributed by atoms with Gasteiger partial charge in [0.2, 0.25) is 0 Å². The summed E-state index contributed by atoms with van der Waals surface area (Å²) in [6.45, 7) is 2.76. The van der Waals surface area contributed by atoms with E-state index in [0.717, 1.165) is 23.6 Å². The predicted octanol–water partition coefficient (Wildman–Crippen LogP) is 3.76. The maximum absolute atomic E-state index is 14.3. The Morgan fingerprint density at radius 1 is 1.22 bits per heavy atom. The molecule has 1 atom stereocenters. The quantitative estimate of drug-likeness (QED) is 0.600. The predicted molar refractivity (Wildman–Crippen MR) is 104 cm³/mol. The summed E-state index contributed by atoms with van der Waals surface area (Å²) in [6, 6.07) is 8.58. The summed E-state index contributed by atoms with van der Waals surface area (Å²) in [5, 5.41) is 0. The number of hydrogen-bond acceptors (Lipinski definition) is 1. The number of fused-ring (bicyclic) bond motifs is 1. The zero-order chi connectivity index (χ0) is 18.8. The number of nitrogens with zero attached hydrogens (tertiary/aromatic N) is 2. The minimum absolute atomic E-state index is 0. The van der Waals surface area contributed by atoms with Crippen LogP contribution in [0.5, 0.6) is 0 Å². The summed E-state index contributed by atoms with van der Waals surface area (Å²) in [6.07, 6.45) is 0.800. The van der Waals surface area contributed by atoms with Gasteiger partial charge in [-0.15, -0.1) is 12.4 Å². The van der Waals surface area contributed by atoms with Gasteiger partial charge < -0.3 is 16.4 Å². The third-order valence-electron chi connectivity index (χ3n) is 4.65. The molecule has 1 heterocycles. The van der Waals surface area contributed by atoms with E-state index in [1.807, 2.05) is 19.1 Å². The molecule has 0 fully saturated rings. The lowest BCUT2D eigenvalue weighted by atomic mass is 9.84. The van der Waals surface area contributed by atoms with E-state index in [1.54, 1.807) is 11.0 Å². The molecule has 0 saturated heterocycles. The number of hydrogen-bond donors (Lipinski definition) is 2. The van der Waals surface area contributed by atoms with Crippen molar-refractivity contribution in [3.63, 3.8) is 0 Å². The van der Waals surface area contributed by atoms with Crippen molar-refractivity contribution in [3.05, 3.63) is 59.2 Å². The molecule has 0 aliphatic carbocycles. The molecule has 0 saturated carbocycles. The number of aliphatic imine (C=N–C) groups is 1. The van der Waals surface area contributed by atoms with Crippen molar-refractivity contribution >= 4 is 24.4 Å². The van der Waals surface area contributed by atoms with Crippen molar-refractivity contribution in [2.24, 2.45) is 16.5 Å². The number of guanidine groups is 1. The second-order valence-electron chi connectivity index (χ2n) is 6.30. The van der Waals surface area contributed by atoms with Gasteiger partial charge in [-0.05, 0) is 35.2 Å². The van der Waals surface area contributed by atoms with E-state index in [2.05, 4.69) is 4.99 Å². The lowest BCUT2D eigenvalue weighted by Crippen LogP contribution is -2.38. The summed E-state index contributed by atoms with van der Waals surface area (Å²) in [7, 11) is 0. The van der Waals surface area contributed by atoms with Crippen LogP contribution >= 0.6 is 12.4 Å². The van der Waals surface area contributed by atoms with Crippen LogP contribution in [0.15, 0.2) is 41.4 Å². The van der Waals surface area contributed by atoms with Crippen LogP contribution in [0.3, 0.4) is 0 Å². The Morgan fingerprint density at radius 2 is 1.96 bits per heavy atom. The highest BCUT2D eigenvalue weighted by Gasteiger charge is 2.29. The maximum Gasteiger partial charge on any atom is 0.347 e. The van der Waals surface area contributed by atoms with Gasteiger partial charge in [-0.3, -0.25) is 0 Å². The van der Waals surface area contributed by atoms with Gasteiger partial charge in [-0.25, -0.2) is 13.6 Å². The molecule has 1 aliphatic heterocycles. The Hall–Kier alpha value is -2.67. The number of benzene rings is 2. The van der Waals surface area contributed by atoms with E-state index >= 15 is 0 Å². The number of amides is 2. The molecule has 0 aromatic heterocycles. The van der Waals surface area contributed by atoms with E-state index < -0.39 is 17.7 Å². The molecule has 2 amide bonds. The molecule has 2 aromatic carbocycles. The van der Waals surface area contributed by atoms with E-state index in [9.17, 15) is 13.6 Å². The van der Waals surface area contributed by atoms with Gasteiger partial charge >= 0.3 is 6.03 Å². The smallest absolute Gasteiger partial charge is 0.347 e. The molecule has 2 aromatic rings. The molecular weight excluding hydrogens is 374 g/mol. The molecule has 0 spiro atoms. The van der Waals surface area contributed by atoms with Crippen molar-refractivity contribution in [3.8, 4) is 11.1 Å². The SMILES string of the molecule is CCC1CN(C(=O)N=C(N)N)Cc2c(-c3ccc(F)cc3F)cccc21.Cl. The van der Waals surface area contributed by atoms with Gasteiger partial charge in [-0.2, -0.15) is 4.99 Å². The normalized spacial score (nSPS) is 15.5. The molecule has 3 rings (SSSR count). The molecule has 144 valence electrons. The summed E-state index contributed by atoms with van der Waals surface area (Å²) in [5.41, 5.74) is 13.5. The minimum Gasteiger partial charge on any atom is -0.370 e. The summed E-state index contributed by atoms with van der Waals surface area (Å²) in [4.78, 5) is 17.4. The fourth-order valence-corrected chi connectivity index (χ4v) is 3.42. The van der Waals surface area contributed by atoms with Crippen LogP contribution in [0.4, 0.5) is 13.6 Å². The lowest BCUT2D eigenvalue weighted by Gasteiger charge is -2.34. The number of carbonyl (C=O) groups is 1. The van der Waals surface area contributed by atoms with Gasteiger partial charge in [-0.1, -0.05) is 25.1 Å². The van der Waals surface area contributed by atoms with Gasteiger partial charge in [0.1, 0.15) is 11.6 Å². The summed E-state index contributed by atoms with van der Waals surface area (Å²) >= 11 is 0. The van der Waals surface area contributed by atoms with Gasteiger partial charge in [0.05, 0.1) is 0 Å². The van der Waals surface area contributed by atoms with Crippen LogP contribution < -0.4 is 11.5 Å². The fraction of sp³-hybridized carbons (Fsp3) is 0.263. The topological polar surface area (TPSA) is 84.7 Å². The van der Waals surface area contributed by atoms with Crippen molar-refractivity contribution in [1.29, 1.82) is 0 Å². The van der Waals surface area contributed by atoms with E-state index in [4.69, 9.17) is 11.5 Å². The highest BCUT2D eigenvalue weighted by molar-refractivity contribution is 5.90. The molecule has 1 aliphatic rings. The van der Waals surface area contributed by atoms with Crippen LogP contribution in [0.1, 0.15) is 30.4 Å². The summed E-state index contributed by atoms with van der Waals surface area (Å²) < 4.78 is 27.6. The highest BCUT2D eigenvalue weighted by Crippen LogP contribution is 2.37. The third kappa shape index (κ3) is 4.19. The molecule has 4 N–H and O–H groups in total. The second-order valence-corrected chi connectivity index (χ2v) is 6.30. The molecule has 0 radical (unpaired) electrons. The maximum atomic E-state index is 14.3. The first kappa shape index (κ1) is 20.6. The Kier molecular flexibility index (Phi) is 6.38. The average molecular weight is 395 g/mol. The molecule has 5 nitrogen and oxygen atoms in total. The monoisotopic (exact) mass is 394 g/mol. The molecule has 0 bridgehead atoms. The Balaban J connectivity index is 0.00000261. The first-order valence-corrected chi connectivity index (χ1v) is 8.36. The van der Waals surface area contributed by atoms with Crippen LogP contribution in [0.2, 0.25) is 0 Å². The molecule has 8 heteroatoms. The number of nitrogens with two attached hydrogens (primary N) is 2. The van der Waals surface area contributed by atoms with Gasteiger partial charge in [0.15, 0.2) is 5.96 Å². The zero-order valence-corrected chi connectivity index (χ0v) is 15.6. The van der Waals surface area contributed by atoms with Crippen molar-refractivity contribution in [1.82, 2.24) is 4.90 Å². The third-order valence-corrected chi connectivity index (χ3v) is 4.65. The zero-order valence-electron chi connectivity index (χ0n) is 14.8. The van der Waals surface area contributed by atoms with Gasteiger partial charge in [0, 0.05) is 30.6 Å².